The second kappa shape index (κ2) is 9.77. The molecule has 0 aliphatic carbocycles. The van der Waals surface area contributed by atoms with Crippen LogP contribution in [-0.4, -0.2) is 19.9 Å². The number of hydrogen-bond donors (Lipinski definition) is 1. The van der Waals surface area contributed by atoms with Crippen LogP contribution in [0.3, 0.4) is 0 Å². The molecule has 0 spiro atoms. The zero-order valence-electron chi connectivity index (χ0n) is 16.9. The van der Waals surface area contributed by atoms with Gasteiger partial charge in [0.2, 0.25) is 0 Å². The van der Waals surface area contributed by atoms with Gasteiger partial charge in [0.25, 0.3) is 0 Å². The minimum atomic E-state index is -0.0377. The van der Waals surface area contributed by atoms with E-state index < -0.39 is 0 Å². The molecular weight excluding hydrogens is 449 g/mol. The van der Waals surface area contributed by atoms with E-state index in [1.54, 1.807) is 23.9 Å². The van der Waals surface area contributed by atoms with E-state index in [9.17, 15) is 5.11 Å². The lowest BCUT2D eigenvalue weighted by molar-refractivity contribution is 0.475. The maximum atomic E-state index is 10.0. The summed E-state index contributed by atoms with van der Waals surface area (Å²) in [6.45, 7) is 2.11. The SMILES string of the molecule is CCCc1nnc(SC(c2ccc(Cl)cc2)c2ccc(Cl)cc2)n1-c1cccc(O)c1. The molecule has 0 radical (unpaired) electrons. The molecule has 1 heterocycles. The van der Waals surface area contributed by atoms with Crippen molar-refractivity contribution in [1.29, 1.82) is 0 Å². The molecule has 4 rings (SSSR count). The summed E-state index contributed by atoms with van der Waals surface area (Å²) in [4.78, 5) is 0. The Morgan fingerprint density at radius 2 is 1.52 bits per heavy atom. The number of rotatable bonds is 7. The number of hydrogen-bond acceptors (Lipinski definition) is 4. The predicted octanol–water partition coefficient (Wildman–Crippen LogP) is 7.11. The van der Waals surface area contributed by atoms with Crippen molar-refractivity contribution in [3.05, 3.63) is 99.8 Å². The van der Waals surface area contributed by atoms with Gasteiger partial charge >= 0.3 is 0 Å². The van der Waals surface area contributed by atoms with E-state index in [0.29, 0.717) is 10.0 Å². The number of thioether (sulfide) groups is 1. The Hall–Kier alpha value is -2.47. The molecule has 4 aromatic rings. The molecule has 0 aliphatic rings. The number of nitrogens with zero attached hydrogens (tertiary/aromatic N) is 3. The second-order valence-electron chi connectivity index (χ2n) is 7.11. The maximum Gasteiger partial charge on any atom is 0.196 e. The molecule has 0 unspecified atom stereocenters. The van der Waals surface area contributed by atoms with E-state index in [0.717, 1.165) is 40.6 Å². The Labute approximate surface area is 195 Å². The molecular formula is C24H21Cl2N3OS. The van der Waals surface area contributed by atoms with Crippen LogP contribution in [0.4, 0.5) is 0 Å². The molecule has 0 amide bonds. The van der Waals surface area contributed by atoms with Crippen LogP contribution >= 0.6 is 35.0 Å². The van der Waals surface area contributed by atoms with E-state index >= 15 is 0 Å². The number of halogens is 2. The number of aromatic hydroxyl groups is 1. The summed E-state index contributed by atoms with van der Waals surface area (Å²) in [5.41, 5.74) is 3.03. The van der Waals surface area contributed by atoms with Crippen LogP contribution in [0.25, 0.3) is 5.69 Å². The zero-order chi connectivity index (χ0) is 21.8. The van der Waals surface area contributed by atoms with E-state index in [2.05, 4.69) is 17.1 Å². The van der Waals surface area contributed by atoms with Crippen LogP contribution in [0.1, 0.15) is 35.5 Å². The van der Waals surface area contributed by atoms with Crippen molar-refractivity contribution >= 4 is 35.0 Å². The van der Waals surface area contributed by atoms with E-state index in [4.69, 9.17) is 23.2 Å². The molecule has 1 aromatic heterocycles. The van der Waals surface area contributed by atoms with Crippen LogP contribution in [0.5, 0.6) is 5.75 Å². The van der Waals surface area contributed by atoms with Crippen molar-refractivity contribution in [2.45, 2.75) is 30.2 Å². The van der Waals surface area contributed by atoms with Crippen LogP contribution < -0.4 is 0 Å². The summed E-state index contributed by atoms with van der Waals surface area (Å²) < 4.78 is 2.02. The molecule has 0 bridgehead atoms. The minimum absolute atomic E-state index is 0.0377. The van der Waals surface area contributed by atoms with Gasteiger partial charge in [-0.2, -0.15) is 0 Å². The summed E-state index contributed by atoms with van der Waals surface area (Å²) in [5, 5.41) is 21.1. The Morgan fingerprint density at radius 3 is 2.06 bits per heavy atom. The van der Waals surface area contributed by atoms with Gasteiger partial charge in [0.15, 0.2) is 5.16 Å². The van der Waals surface area contributed by atoms with Gasteiger partial charge in [-0.1, -0.05) is 72.2 Å². The third kappa shape index (κ3) is 5.06. The summed E-state index contributed by atoms with van der Waals surface area (Å²) in [6.07, 6.45) is 1.73. The zero-order valence-corrected chi connectivity index (χ0v) is 19.2. The van der Waals surface area contributed by atoms with Crippen molar-refractivity contribution < 1.29 is 5.11 Å². The molecule has 1 N–H and O–H groups in total. The van der Waals surface area contributed by atoms with Crippen LogP contribution in [-0.2, 0) is 6.42 Å². The Balaban J connectivity index is 1.79. The Kier molecular flexibility index (Phi) is 6.86. The molecule has 0 saturated heterocycles. The summed E-state index contributed by atoms with van der Waals surface area (Å²) in [5.74, 6) is 1.07. The Morgan fingerprint density at radius 1 is 0.903 bits per heavy atom. The first kappa shape index (κ1) is 21.8. The number of phenols is 1. The van der Waals surface area contributed by atoms with Crippen LogP contribution in [0, 0.1) is 0 Å². The van der Waals surface area contributed by atoms with Crippen LogP contribution in [0.2, 0.25) is 10.0 Å². The smallest absolute Gasteiger partial charge is 0.196 e. The number of aryl methyl sites for hydroxylation is 1. The standard InChI is InChI=1S/C24H21Cl2N3OS/c1-2-4-22-27-28-24(29(22)20-5-3-6-21(30)15-20)31-23(16-7-11-18(25)12-8-16)17-9-13-19(26)14-10-17/h3,5-15,23,30H,2,4H2,1H3. The summed E-state index contributed by atoms with van der Waals surface area (Å²) in [6, 6.07) is 22.8. The fourth-order valence-corrected chi connectivity index (χ4v) is 4.82. The van der Waals surface area contributed by atoms with E-state index in [1.165, 1.54) is 0 Å². The highest BCUT2D eigenvalue weighted by atomic mass is 35.5. The van der Waals surface area contributed by atoms with Crippen LogP contribution in [0.15, 0.2) is 78.0 Å². The van der Waals surface area contributed by atoms with E-state index in [-0.39, 0.29) is 11.0 Å². The molecule has 0 aliphatic heterocycles. The lowest BCUT2D eigenvalue weighted by Crippen LogP contribution is -2.05. The Bertz CT molecular complexity index is 1110. The predicted molar refractivity (Wildman–Crippen MR) is 128 cm³/mol. The van der Waals surface area contributed by atoms with Crippen molar-refractivity contribution in [2.75, 3.05) is 0 Å². The van der Waals surface area contributed by atoms with Crippen molar-refractivity contribution in [3.8, 4) is 11.4 Å². The van der Waals surface area contributed by atoms with Crippen molar-refractivity contribution in [1.82, 2.24) is 14.8 Å². The first-order valence-electron chi connectivity index (χ1n) is 9.96. The summed E-state index contributed by atoms with van der Waals surface area (Å²) >= 11 is 13.9. The van der Waals surface area contributed by atoms with Gasteiger partial charge in [-0.25, -0.2) is 0 Å². The first-order valence-corrected chi connectivity index (χ1v) is 11.6. The van der Waals surface area contributed by atoms with Gasteiger partial charge in [-0.15, -0.1) is 10.2 Å². The van der Waals surface area contributed by atoms with Gasteiger partial charge in [0.05, 0.1) is 10.9 Å². The lowest BCUT2D eigenvalue weighted by Gasteiger charge is -2.18. The molecule has 3 aromatic carbocycles. The highest BCUT2D eigenvalue weighted by Crippen LogP contribution is 2.41. The van der Waals surface area contributed by atoms with Gasteiger partial charge in [-0.05, 0) is 53.9 Å². The number of phenolic OH excluding ortho intramolecular Hbond substituents is 1. The number of aromatic nitrogens is 3. The topological polar surface area (TPSA) is 50.9 Å². The molecule has 7 heteroatoms. The van der Waals surface area contributed by atoms with E-state index in [1.807, 2.05) is 65.2 Å². The maximum absolute atomic E-state index is 10.0. The highest BCUT2D eigenvalue weighted by molar-refractivity contribution is 7.99. The molecule has 0 fully saturated rings. The largest absolute Gasteiger partial charge is 0.508 e. The third-order valence-corrected chi connectivity index (χ3v) is 6.59. The van der Waals surface area contributed by atoms with Crippen molar-refractivity contribution in [3.63, 3.8) is 0 Å². The van der Waals surface area contributed by atoms with Gasteiger partial charge in [0.1, 0.15) is 11.6 Å². The quantitative estimate of drug-likeness (QED) is 0.292. The van der Waals surface area contributed by atoms with Gasteiger partial charge in [0, 0.05) is 22.5 Å². The van der Waals surface area contributed by atoms with Gasteiger partial charge in [-0.3, -0.25) is 4.57 Å². The first-order chi connectivity index (χ1) is 15.0. The molecule has 31 heavy (non-hydrogen) atoms. The monoisotopic (exact) mass is 469 g/mol. The third-order valence-electron chi connectivity index (χ3n) is 4.83. The number of benzene rings is 3. The highest BCUT2D eigenvalue weighted by Gasteiger charge is 2.22. The molecule has 158 valence electrons. The normalized spacial score (nSPS) is 11.2. The summed E-state index contributed by atoms with van der Waals surface area (Å²) in [7, 11) is 0. The molecule has 4 nitrogen and oxygen atoms in total. The average Bonchev–Trinajstić information content (AvgIpc) is 3.16. The minimum Gasteiger partial charge on any atom is -0.508 e. The van der Waals surface area contributed by atoms with Gasteiger partial charge < -0.3 is 5.11 Å². The van der Waals surface area contributed by atoms with Crippen molar-refractivity contribution in [2.24, 2.45) is 0 Å². The molecule has 0 atom stereocenters. The second-order valence-corrected chi connectivity index (χ2v) is 9.05. The lowest BCUT2D eigenvalue weighted by atomic mass is 10.0. The molecule has 0 saturated carbocycles. The average molecular weight is 470 g/mol. The fraction of sp³-hybridized carbons (Fsp3) is 0.167. The fourth-order valence-electron chi connectivity index (χ4n) is 3.36.